The van der Waals surface area contributed by atoms with Crippen molar-refractivity contribution in [3.05, 3.63) is 57.6 Å². The van der Waals surface area contributed by atoms with Gasteiger partial charge in [0.05, 0.1) is 27.6 Å². The number of nitro benzene ring substituents is 1. The number of hydrogen-bond acceptors (Lipinski definition) is 6. The second kappa shape index (κ2) is 9.03. The number of sulfonamides is 1. The van der Waals surface area contributed by atoms with Crippen LogP contribution in [-0.2, 0) is 21.2 Å². The Kier molecular flexibility index (Phi) is 6.61. The summed E-state index contributed by atoms with van der Waals surface area (Å²) in [5.41, 5.74) is 2.46. The summed E-state index contributed by atoms with van der Waals surface area (Å²) >= 11 is 0. The Morgan fingerprint density at radius 1 is 1.23 bits per heavy atom. The highest BCUT2D eigenvalue weighted by Gasteiger charge is 2.27. The Morgan fingerprint density at radius 2 is 1.94 bits per heavy atom. The van der Waals surface area contributed by atoms with Crippen LogP contribution in [0.1, 0.15) is 25.0 Å². The van der Waals surface area contributed by atoms with Gasteiger partial charge < -0.3 is 10.2 Å². The van der Waals surface area contributed by atoms with E-state index in [9.17, 15) is 23.3 Å². The van der Waals surface area contributed by atoms with Gasteiger partial charge in [-0.15, -0.1) is 0 Å². The van der Waals surface area contributed by atoms with E-state index in [0.29, 0.717) is 37.3 Å². The van der Waals surface area contributed by atoms with E-state index in [1.54, 1.807) is 45.0 Å². The van der Waals surface area contributed by atoms with Crippen molar-refractivity contribution in [2.24, 2.45) is 0 Å². The van der Waals surface area contributed by atoms with E-state index in [4.69, 9.17) is 0 Å². The zero-order chi connectivity index (χ0) is 22.8. The quantitative estimate of drug-likeness (QED) is 0.493. The first kappa shape index (κ1) is 22.7. The van der Waals surface area contributed by atoms with Crippen molar-refractivity contribution in [2.45, 2.75) is 32.1 Å². The molecule has 0 spiro atoms. The van der Waals surface area contributed by atoms with Gasteiger partial charge in [0.2, 0.25) is 15.9 Å². The molecule has 166 valence electrons. The van der Waals surface area contributed by atoms with Crippen molar-refractivity contribution in [3.63, 3.8) is 0 Å². The van der Waals surface area contributed by atoms with Gasteiger partial charge in [0.1, 0.15) is 0 Å². The maximum atomic E-state index is 12.8. The summed E-state index contributed by atoms with van der Waals surface area (Å²) < 4.78 is 26.9. The lowest BCUT2D eigenvalue weighted by Crippen LogP contribution is -2.32. The van der Waals surface area contributed by atoms with E-state index >= 15 is 0 Å². The molecule has 10 heteroatoms. The highest BCUT2D eigenvalue weighted by atomic mass is 32.2. The van der Waals surface area contributed by atoms with Gasteiger partial charge in [0, 0.05) is 31.4 Å². The molecule has 1 heterocycles. The normalized spacial score (nSPS) is 13.4. The molecule has 0 bridgehead atoms. The number of nitro groups is 1. The molecular weight excluding hydrogens is 420 g/mol. The molecule has 1 aliphatic heterocycles. The van der Waals surface area contributed by atoms with Gasteiger partial charge >= 0.3 is 0 Å². The lowest BCUT2D eigenvalue weighted by Gasteiger charge is -2.21. The number of benzene rings is 2. The molecule has 3 rings (SSSR count). The number of hydrogen-bond donors (Lipinski definition) is 1. The average Bonchev–Trinajstić information content (AvgIpc) is 3.12. The van der Waals surface area contributed by atoms with Crippen LogP contribution in [0.15, 0.2) is 41.3 Å². The highest BCUT2D eigenvalue weighted by Crippen LogP contribution is 2.31. The monoisotopic (exact) mass is 446 g/mol. The van der Waals surface area contributed by atoms with Gasteiger partial charge in [-0.05, 0) is 43.2 Å². The number of fused-ring (bicyclic) bond motifs is 1. The molecule has 0 saturated carbocycles. The summed E-state index contributed by atoms with van der Waals surface area (Å²) in [5, 5.41) is 13.8. The van der Waals surface area contributed by atoms with E-state index < -0.39 is 14.9 Å². The molecule has 1 N–H and O–H groups in total. The number of carbonyl (C=O) groups is 1. The van der Waals surface area contributed by atoms with E-state index in [-0.39, 0.29) is 23.0 Å². The minimum atomic E-state index is -3.54. The van der Waals surface area contributed by atoms with Crippen LogP contribution in [0, 0.1) is 17.0 Å². The molecule has 31 heavy (non-hydrogen) atoms. The van der Waals surface area contributed by atoms with Crippen molar-refractivity contribution >= 4 is 33.0 Å². The van der Waals surface area contributed by atoms with Crippen molar-refractivity contribution in [1.29, 1.82) is 0 Å². The molecule has 2 aromatic rings. The molecule has 0 radical (unpaired) electrons. The third-order valence-corrected chi connectivity index (χ3v) is 7.54. The van der Waals surface area contributed by atoms with Gasteiger partial charge in [-0.1, -0.05) is 19.9 Å². The van der Waals surface area contributed by atoms with Crippen LogP contribution in [0.4, 0.5) is 17.1 Å². The molecule has 0 fully saturated rings. The molecule has 9 nitrogen and oxygen atoms in total. The summed E-state index contributed by atoms with van der Waals surface area (Å²) in [6.45, 7) is 6.66. The Hall–Kier alpha value is -2.98. The fourth-order valence-electron chi connectivity index (χ4n) is 3.80. The number of anilines is 2. The second-order valence-electron chi connectivity index (χ2n) is 7.31. The van der Waals surface area contributed by atoms with Gasteiger partial charge in [0.25, 0.3) is 5.69 Å². The van der Waals surface area contributed by atoms with Crippen LogP contribution in [-0.4, -0.2) is 49.7 Å². The molecule has 1 amide bonds. The zero-order valence-electron chi connectivity index (χ0n) is 17.8. The van der Waals surface area contributed by atoms with Crippen LogP contribution < -0.4 is 10.2 Å². The van der Waals surface area contributed by atoms with Crippen LogP contribution in [0.25, 0.3) is 0 Å². The number of nitrogens with zero attached hydrogens (tertiary/aromatic N) is 3. The molecular formula is C21H26N4O5S. The summed E-state index contributed by atoms with van der Waals surface area (Å²) in [5.74, 6) is -0.295. The standard InChI is InChI=1S/C21H26N4O5S/c1-4-24(5-2)31(29,30)17-9-10-20-16(13-17)11-12-23(20)14-21(26)22-18-7-6-8-19(15(18)3)25(27)28/h6-10,13H,4-5,11-12,14H2,1-3H3,(H,22,26). The van der Waals surface area contributed by atoms with Crippen LogP contribution in [0.2, 0.25) is 0 Å². The average molecular weight is 447 g/mol. The molecule has 1 aliphatic rings. The number of carbonyl (C=O) groups excluding carboxylic acids is 1. The first-order valence-corrected chi connectivity index (χ1v) is 11.5. The smallest absolute Gasteiger partial charge is 0.274 e. The fourth-order valence-corrected chi connectivity index (χ4v) is 5.31. The van der Waals surface area contributed by atoms with Crippen molar-refractivity contribution in [2.75, 3.05) is 36.4 Å². The van der Waals surface area contributed by atoms with E-state index in [1.807, 2.05) is 4.90 Å². The second-order valence-corrected chi connectivity index (χ2v) is 9.24. The third kappa shape index (κ3) is 4.54. The number of amides is 1. The van der Waals surface area contributed by atoms with Crippen LogP contribution in [0.5, 0.6) is 0 Å². The summed E-state index contributed by atoms with van der Waals surface area (Å²) in [4.78, 5) is 25.3. The maximum absolute atomic E-state index is 12.8. The summed E-state index contributed by atoms with van der Waals surface area (Å²) in [6.07, 6.45) is 0.639. The minimum Gasteiger partial charge on any atom is -0.362 e. The van der Waals surface area contributed by atoms with E-state index in [0.717, 1.165) is 11.3 Å². The third-order valence-electron chi connectivity index (χ3n) is 5.50. The van der Waals surface area contributed by atoms with E-state index in [2.05, 4.69) is 5.32 Å². The van der Waals surface area contributed by atoms with Crippen LogP contribution in [0.3, 0.4) is 0 Å². The maximum Gasteiger partial charge on any atom is 0.274 e. The number of rotatable bonds is 8. The molecule has 0 aliphatic carbocycles. The van der Waals surface area contributed by atoms with Gasteiger partial charge in [-0.2, -0.15) is 4.31 Å². The largest absolute Gasteiger partial charge is 0.362 e. The van der Waals surface area contributed by atoms with Crippen molar-refractivity contribution in [1.82, 2.24) is 4.31 Å². The minimum absolute atomic E-state index is 0.0498. The Labute approximate surface area is 181 Å². The fraction of sp³-hybridized carbons (Fsp3) is 0.381. The lowest BCUT2D eigenvalue weighted by molar-refractivity contribution is -0.385. The highest BCUT2D eigenvalue weighted by molar-refractivity contribution is 7.89. The van der Waals surface area contributed by atoms with E-state index in [1.165, 1.54) is 16.4 Å². The first-order chi connectivity index (χ1) is 14.7. The molecule has 0 saturated heterocycles. The zero-order valence-corrected chi connectivity index (χ0v) is 18.6. The van der Waals surface area contributed by atoms with Crippen LogP contribution >= 0.6 is 0 Å². The molecule has 0 unspecified atom stereocenters. The topological polar surface area (TPSA) is 113 Å². The SMILES string of the molecule is CCN(CC)S(=O)(=O)c1ccc2c(c1)CCN2CC(=O)Nc1cccc([N+](=O)[O-])c1C. The molecule has 0 aromatic heterocycles. The predicted molar refractivity (Wildman–Crippen MR) is 119 cm³/mol. The van der Waals surface area contributed by atoms with Crippen molar-refractivity contribution < 1.29 is 18.1 Å². The van der Waals surface area contributed by atoms with Gasteiger partial charge in [0.15, 0.2) is 0 Å². The van der Waals surface area contributed by atoms with Crippen molar-refractivity contribution in [3.8, 4) is 0 Å². The Balaban J connectivity index is 1.75. The predicted octanol–water partition coefficient (Wildman–Crippen LogP) is 2.93. The lowest BCUT2D eigenvalue weighted by atomic mass is 10.1. The van der Waals surface area contributed by atoms with Gasteiger partial charge in [-0.25, -0.2) is 8.42 Å². The Bertz CT molecular complexity index is 1110. The summed E-state index contributed by atoms with van der Waals surface area (Å²) in [6, 6.07) is 9.56. The van der Waals surface area contributed by atoms with Gasteiger partial charge in [-0.3, -0.25) is 14.9 Å². The molecule has 2 aromatic carbocycles. The molecule has 0 atom stereocenters. The summed E-state index contributed by atoms with van der Waals surface area (Å²) in [7, 11) is -3.54. The number of nitrogens with one attached hydrogen (secondary N) is 1. The Morgan fingerprint density at radius 3 is 2.58 bits per heavy atom. The first-order valence-electron chi connectivity index (χ1n) is 10.1.